The summed E-state index contributed by atoms with van der Waals surface area (Å²) >= 11 is 1.60. The van der Waals surface area contributed by atoms with Gasteiger partial charge < -0.3 is 14.6 Å². The lowest BCUT2D eigenvalue weighted by Crippen LogP contribution is -2.23. The number of nitro benzene ring substituents is 1. The second kappa shape index (κ2) is 7.88. The fraction of sp³-hybridized carbons (Fsp3) is 0.333. The van der Waals surface area contributed by atoms with Gasteiger partial charge in [0, 0.05) is 16.5 Å². The van der Waals surface area contributed by atoms with Crippen molar-refractivity contribution in [3.8, 4) is 5.75 Å². The van der Waals surface area contributed by atoms with Crippen LogP contribution in [0.2, 0.25) is 0 Å². The Labute approximate surface area is 132 Å². The molecule has 1 atom stereocenters. The Kier molecular flexibility index (Phi) is 5.88. The molecule has 0 fully saturated rings. The third-order valence-corrected chi connectivity index (χ3v) is 3.79. The highest BCUT2D eigenvalue weighted by atomic mass is 32.1. The van der Waals surface area contributed by atoms with E-state index >= 15 is 0 Å². The maximum atomic E-state index is 10.7. The molecule has 0 spiro atoms. The summed E-state index contributed by atoms with van der Waals surface area (Å²) in [5.74, 6) is 0.486. The van der Waals surface area contributed by atoms with E-state index in [2.05, 4.69) is 0 Å². The largest absolute Gasteiger partial charge is 0.491 e. The lowest BCUT2D eigenvalue weighted by atomic mass is 10.2. The maximum absolute atomic E-state index is 10.7. The van der Waals surface area contributed by atoms with Gasteiger partial charge in [0.15, 0.2) is 0 Å². The van der Waals surface area contributed by atoms with Crippen molar-refractivity contribution < 1.29 is 19.5 Å². The molecule has 0 saturated carbocycles. The van der Waals surface area contributed by atoms with E-state index in [-0.39, 0.29) is 18.9 Å². The van der Waals surface area contributed by atoms with Crippen LogP contribution in [0.3, 0.4) is 0 Å². The van der Waals surface area contributed by atoms with Crippen LogP contribution in [0.1, 0.15) is 10.4 Å². The lowest BCUT2D eigenvalue weighted by molar-refractivity contribution is -0.385. The van der Waals surface area contributed by atoms with E-state index in [4.69, 9.17) is 9.47 Å². The van der Waals surface area contributed by atoms with Gasteiger partial charge in [-0.2, -0.15) is 0 Å². The number of thiophene rings is 1. The second-order valence-corrected chi connectivity index (χ2v) is 5.80. The summed E-state index contributed by atoms with van der Waals surface area (Å²) in [6.07, 6.45) is -0.754. The first kappa shape index (κ1) is 16.4. The Balaban J connectivity index is 1.75. The van der Waals surface area contributed by atoms with Crippen molar-refractivity contribution in [1.82, 2.24) is 0 Å². The summed E-state index contributed by atoms with van der Waals surface area (Å²) in [6.45, 7) is 2.35. The summed E-state index contributed by atoms with van der Waals surface area (Å²) in [4.78, 5) is 11.4. The molecule has 1 heterocycles. The topological polar surface area (TPSA) is 81.8 Å². The summed E-state index contributed by atoms with van der Waals surface area (Å²) in [6, 6.07) is 8.40. The standard InChI is InChI=1S/C15H17NO5S/c1-11-7-13(4-5-15(11)16(18)19)21-9-12(17)8-20-10-14-3-2-6-22-14/h2-7,12,17H,8-10H2,1H3. The van der Waals surface area contributed by atoms with E-state index in [0.29, 0.717) is 17.9 Å². The van der Waals surface area contributed by atoms with Crippen molar-refractivity contribution in [3.05, 3.63) is 56.3 Å². The fourth-order valence-corrected chi connectivity index (χ4v) is 2.49. The molecule has 0 aliphatic carbocycles. The van der Waals surface area contributed by atoms with E-state index in [1.54, 1.807) is 24.3 Å². The van der Waals surface area contributed by atoms with Crippen LogP contribution in [0.4, 0.5) is 5.69 Å². The van der Waals surface area contributed by atoms with Gasteiger partial charge in [-0.3, -0.25) is 10.1 Å². The quantitative estimate of drug-likeness (QED) is 0.596. The Hall–Kier alpha value is -1.96. The zero-order valence-corrected chi connectivity index (χ0v) is 12.9. The van der Waals surface area contributed by atoms with Crippen molar-refractivity contribution in [1.29, 1.82) is 0 Å². The van der Waals surface area contributed by atoms with Gasteiger partial charge in [0.2, 0.25) is 0 Å². The normalized spacial score (nSPS) is 12.1. The summed E-state index contributed by atoms with van der Waals surface area (Å²) in [7, 11) is 0. The molecule has 0 aliphatic heterocycles. The van der Waals surface area contributed by atoms with Gasteiger partial charge in [-0.05, 0) is 30.5 Å². The van der Waals surface area contributed by atoms with Gasteiger partial charge in [-0.1, -0.05) is 6.07 Å². The SMILES string of the molecule is Cc1cc(OCC(O)COCc2cccs2)ccc1[N+](=O)[O-]. The molecule has 0 radical (unpaired) electrons. The van der Waals surface area contributed by atoms with Crippen LogP contribution in [0.25, 0.3) is 0 Å². The minimum atomic E-state index is -0.754. The average molecular weight is 323 g/mol. The van der Waals surface area contributed by atoms with E-state index in [1.807, 2.05) is 17.5 Å². The number of ether oxygens (including phenoxy) is 2. The first-order valence-corrected chi connectivity index (χ1v) is 7.60. The predicted octanol–water partition coefficient (Wildman–Crippen LogP) is 2.92. The molecule has 7 heteroatoms. The Morgan fingerprint density at radius 2 is 2.18 bits per heavy atom. The first-order valence-electron chi connectivity index (χ1n) is 6.72. The number of hydrogen-bond donors (Lipinski definition) is 1. The van der Waals surface area contributed by atoms with Crippen LogP contribution in [0, 0.1) is 17.0 Å². The van der Waals surface area contributed by atoms with Crippen molar-refractivity contribution >= 4 is 17.0 Å². The van der Waals surface area contributed by atoms with E-state index in [1.165, 1.54) is 12.1 Å². The third-order valence-electron chi connectivity index (χ3n) is 2.94. The minimum Gasteiger partial charge on any atom is -0.491 e. The van der Waals surface area contributed by atoms with Crippen LogP contribution in [0.5, 0.6) is 5.75 Å². The van der Waals surface area contributed by atoms with Gasteiger partial charge in [0.1, 0.15) is 18.5 Å². The molecule has 6 nitrogen and oxygen atoms in total. The third kappa shape index (κ3) is 4.80. The predicted molar refractivity (Wildman–Crippen MR) is 83.3 cm³/mol. The molecule has 0 saturated heterocycles. The molecule has 0 aliphatic rings. The highest BCUT2D eigenvalue weighted by Gasteiger charge is 2.12. The number of hydrogen-bond acceptors (Lipinski definition) is 6. The molecule has 1 aromatic carbocycles. The molecule has 0 amide bonds. The molecule has 2 rings (SSSR count). The zero-order chi connectivity index (χ0) is 15.9. The van der Waals surface area contributed by atoms with Gasteiger partial charge in [-0.15, -0.1) is 11.3 Å². The van der Waals surface area contributed by atoms with Crippen molar-refractivity contribution in [2.75, 3.05) is 13.2 Å². The number of aliphatic hydroxyl groups excluding tert-OH is 1. The van der Waals surface area contributed by atoms with Crippen LogP contribution >= 0.6 is 11.3 Å². The Morgan fingerprint density at radius 3 is 2.82 bits per heavy atom. The first-order chi connectivity index (χ1) is 10.6. The number of aliphatic hydroxyl groups is 1. The van der Waals surface area contributed by atoms with Gasteiger partial charge in [-0.25, -0.2) is 0 Å². The van der Waals surface area contributed by atoms with E-state index in [0.717, 1.165) is 4.88 Å². The van der Waals surface area contributed by atoms with Crippen LogP contribution < -0.4 is 4.74 Å². The molecule has 1 aromatic heterocycles. The molecular formula is C15H17NO5S. The monoisotopic (exact) mass is 323 g/mol. The maximum Gasteiger partial charge on any atom is 0.272 e. The van der Waals surface area contributed by atoms with Crippen LogP contribution in [-0.4, -0.2) is 29.3 Å². The molecule has 1 N–H and O–H groups in total. The number of aryl methyl sites for hydroxylation is 1. The highest BCUT2D eigenvalue weighted by molar-refractivity contribution is 7.09. The number of nitrogens with zero attached hydrogens (tertiary/aromatic N) is 1. The lowest BCUT2D eigenvalue weighted by Gasteiger charge is -2.13. The van der Waals surface area contributed by atoms with Crippen LogP contribution in [0.15, 0.2) is 35.7 Å². The van der Waals surface area contributed by atoms with Crippen molar-refractivity contribution in [2.24, 2.45) is 0 Å². The molecule has 1 unspecified atom stereocenters. The van der Waals surface area contributed by atoms with Crippen molar-refractivity contribution in [2.45, 2.75) is 19.6 Å². The fourth-order valence-electron chi connectivity index (χ4n) is 1.85. The summed E-state index contributed by atoms with van der Waals surface area (Å²) < 4.78 is 10.8. The van der Waals surface area contributed by atoms with E-state index in [9.17, 15) is 15.2 Å². The summed E-state index contributed by atoms with van der Waals surface area (Å²) in [5.41, 5.74) is 0.568. The highest BCUT2D eigenvalue weighted by Crippen LogP contribution is 2.23. The van der Waals surface area contributed by atoms with Gasteiger partial charge >= 0.3 is 0 Å². The Morgan fingerprint density at radius 1 is 1.36 bits per heavy atom. The number of rotatable bonds is 8. The molecule has 22 heavy (non-hydrogen) atoms. The minimum absolute atomic E-state index is 0.0483. The van der Waals surface area contributed by atoms with Gasteiger partial charge in [0.05, 0.1) is 18.1 Å². The molecule has 0 bridgehead atoms. The zero-order valence-electron chi connectivity index (χ0n) is 12.1. The number of benzene rings is 1. The average Bonchev–Trinajstić information content (AvgIpc) is 2.98. The second-order valence-electron chi connectivity index (χ2n) is 4.76. The summed E-state index contributed by atoms with van der Waals surface area (Å²) in [5, 5.41) is 22.5. The molecule has 118 valence electrons. The van der Waals surface area contributed by atoms with Crippen molar-refractivity contribution in [3.63, 3.8) is 0 Å². The van der Waals surface area contributed by atoms with E-state index < -0.39 is 11.0 Å². The van der Waals surface area contributed by atoms with Crippen LogP contribution in [-0.2, 0) is 11.3 Å². The Bertz CT molecular complexity index is 614. The molecule has 2 aromatic rings. The molecular weight excluding hydrogens is 306 g/mol. The smallest absolute Gasteiger partial charge is 0.272 e. The number of nitro groups is 1. The van der Waals surface area contributed by atoms with Gasteiger partial charge in [0.25, 0.3) is 5.69 Å².